The van der Waals surface area contributed by atoms with Gasteiger partial charge >= 0.3 is 6.09 Å². The topological polar surface area (TPSA) is 59.1 Å². The number of aryl methyl sites for hydroxylation is 1. The maximum atomic E-state index is 12.8. The van der Waals surface area contributed by atoms with Gasteiger partial charge in [-0.3, -0.25) is 4.79 Å². The molecule has 0 aliphatic carbocycles. The lowest BCUT2D eigenvalue weighted by Gasteiger charge is -2.38. The number of likely N-dealkylation sites (tertiary alicyclic amines) is 1. The van der Waals surface area contributed by atoms with Crippen LogP contribution in [-0.2, 0) is 9.53 Å². The zero-order chi connectivity index (χ0) is 21.1. The minimum absolute atomic E-state index is 0.0733. The lowest BCUT2D eigenvalue weighted by molar-refractivity contribution is -0.139. The molecule has 7 heteroatoms. The summed E-state index contributed by atoms with van der Waals surface area (Å²) in [4.78, 5) is 28.4. The molecule has 0 N–H and O–H groups in total. The van der Waals surface area contributed by atoms with Crippen molar-refractivity contribution in [2.24, 2.45) is 0 Å². The van der Waals surface area contributed by atoms with Gasteiger partial charge in [-0.25, -0.2) is 4.79 Å². The van der Waals surface area contributed by atoms with E-state index in [1.807, 2.05) is 33.8 Å². The predicted octanol–water partition coefficient (Wildman–Crippen LogP) is 4.27. The molecule has 1 aromatic carbocycles. The van der Waals surface area contributed by atoms with Crippen molar-refractivity contribution < 1.29 is 19.1 Å². The molecule has 1 aliphatic heterocycles. The van der Waals surface area contributed by atoms with Crippen molar-refractivity contribution in [3.05, 3.63) is 28.8 Å². The van der Waals surface area contributed by atoms with Crippen LogP contribution in [0.4, 0.5) is 4.79 Å². The summed E-state index contributed by atoms with van der Waals surface area (Å²) in [5, 5.41) is 0.667. The zero-order valence-electron chi connectivity index (χ0n) is 17.6. The van der Waals surface area contributed by atoms with E-state index in [1.54, 1.807) is 35.9 Å². The fourth-order valence-electron chi connectivity index (χ4n) is 3.17. The minimum Gasteiger partial charge on any atom is -0.481 e. The maximum Gasteiger partial charge on any atom is 0.410 e. The van der Waals surface area contributed by atoms with Crippen molar-refractivity contribution in [1.29, 1.82) is 0 Å². The van der Waals surface area contributed by atoms with Crippen molar-refractivity contribution in [1.82, 2.24) is 9.80 Å². The molecule has 1 atom stereocenters. The van der Waals surface area contributed by atoms with Gasteiger partial charge in [-0.15, -0.1) is 0 Å². The van der Waals surface area contributed by atoms with Crippen LogP contribution in [0.25, 0.3) is 0 Å². The molecule has 1 aliphatic rings. The number of hydrogen-bond acceptors (Lipinski definition) is 4. The molecule has 1 saturated heterocycles. The highest BCUT2D eigenvalue weighted by molar-refractivity contribution is 6.31. The van der Waals surface area contributed by atoms with E-state index in [2.05, 4.69) is 0 Å². The summed E-state index contributed by atoms with van der Waals surface area (Å²) in [6, 6.07) is 5.42. The third-order valence-electron chi connectivity index (χ3n) is 4.80. The van der Waals surface area contributed by atoms with E-state index in [0.717, 1.165) is 5.56 Å². The Balaban J connectivity index is 1.88. The smallest absolute Gasteiger partial charge is 0.410 e. The first kappa shape index (κ1) is 22.3. The number of carbonyl (C=O) groups is 2. The summed E-state index contributed by atoms with van der Waals surface area (Å²) in [5.41, 5.74) is 0.398. The number of rotatable bonds is 4. The second-order valence-electron chi connectivity index (χ2n) is 8.32. The number of nitrogens with zero attached hydrogens (tertiary/aromatic N) is 2. The summed E-state index contributed by atoms with van der Waals surface area (Å²) < 4.78 is 11.2. The van der Waals surface area contributed by atoms with Gasteiger partial charge in [0.1, 0.15) is 11.4 Å². The largest absolute Gasteiger partial charge is 0.481 e. The van der Waals surface area contributed by atoms with Crippen LogP contribution in [0.5, 0.6) is 5.75 Å². The van der Waals surface area contributed by atoms with Crippen LogP contribution in [0.3, 0.4) is 0 Å². The fourth-order valence-corrected chi connectivity index (χ4v) is 3.29. The molecule has 0 unspecified atom stereocenters. The van der Waals surface area contributed by atoms with Gasteiger partial charge in [0.05, 0.1) is 0 Å². The molecule has 1 aromatic rings. The fraction of sp³-hybridized carbons (Fsp3) is 0.619. The van der Waals surface area contributed by atoms with E-state index in [4.69, 9.17) is 21.1 Å². The number of benzene rings is 1. The molecular formula is C21H31ClN2O4. The van der Waals surface area contributed by atoms with Crippen molar-refractivity contribution in [3.63, 3.8) is 0 Å². The molecule has 28 heavy (non-hydrogen) atoms. The molecule has 0 spiro atoms. The summed E-state index contributed by atoms with van der Waals surface area (Å²) in [6.45, 7) is 10.4. The molecule has 156 valence electrons. The summed E-state index contributed by atoms with van der Waals surface area (Å²) in [7, 11) is 1.79. The summed E-state index contributed by atoms with van der Waals surface area (Å²) in [6.07, 6.45) is 0.534. The standard InChI is InChI=1S/C21H31ClN2O4/c1-14-13-17(7-8-18(14)22)27-15(2)19(25)23(6)16-9-11-24(12-10-16)20(26)28-21(3,4)5/h7-8,13,15-16H,9-12H2,1-6H3/t15-/m0/s1. The third-order valence-corrected chi connectivity index (χ3v) is 5.23. The molecule has 0 radical (unpaired) electrons. The van der Waals surface area contributed by atoms with E-state index in [9.17, 15) is 9.59 Å². The van der Waals surface area contributed by atoms with Crippen molar-refractivity contribution in [2.45, 2.75) is 65.2 Å². The first-order chi connectivity index (χ1) is 13.0. The number of halogens is 1. The van der Waals surface area contributed by atoms with Crippen LogP contribution in [0.2, 0.25) is 5.02 Å². The van der Waals surface area contributed by atoms with Gasteiger partial charge in [0.2, 0.25) is 0 Å². The molecule has 0 saturated carbocycles. The van der Waals surface area contributed by atoms with Crippen LogP contribution in [-0.4, -0.2) is 59.7 Å². The normalized spacial score (nSPS) is 16.5. The van der Waals surface area contributed by atoms with Crippen molar-refractivity contribution >= 4 is 23.6 Å². The average molecular weight is 411 g/mol. The van der Waals surface area contributed by atoms with Crippen molar-refractivity contribution in [3.8, 4) is 5.75 Å². The number of likely N-dealkylation sites (N-methyl/N-ethyl adjacent to an activating group) is 1. The first-order valence-corrected chi connectivity index (χ1v) is 10.0. The Hall–Kier alpha value is -1.95. The Kier molecular flexibility index (Phi) is 7.21. The van der Waals surface area contributed by atoms with E-state index in [-0.39, 0.29) is 18.0 Å². The quantitative estimate of drug-likeness (QED) is 0.743. The van der Waals surface area contributed by atoms with E-state index < -0.39 is 11.7 Å². The third kappa shape index (κ3) is 6.03. The van der Waals surface area contributed by atoms with E-state index >= 15 is 0 Å². The second-order valence-corrected chi connectivity index (χ2v) is 8.73. The summed E-state index contributed by atoms with van der Waals surface area (Å²) in [5.74, 6) is 0.541. The number of hydrogen-bond donors (Lipinski definition) is 0. The summed E-state index contributed by atoms with van der Waals surface area (Å²) >= 11 is 6.03. The lowest BCUT2D eigenvalue weighted by atomic mass is 10.0. The van der Waals surface area contributed by atoms with Crippen molar-refractivity contribution in [2.75, 3.05) is 20.1 Å². The number of carbonyl (C=O) groups excluding carboxylic acids is 2. The van der Waals surface area contributed by atoms with Gasteiger partial charge in [0, 0.05) is 31.2 Å². The highest BCUT2D eigenvalue weighted by Crippen LogP contribution is 2.23. The molecule has 0 aromatic heterocycles. The van der Waals surface area contributed by atoms with Crippen LogP contribution in [0.15, 0.2) is 18.2 Å². The number of piperidine rings is 1. The van der Waals surface area contributed by atoms with E-state index in [1.165, 1.54) is 0 Å². The Morgan fingerprint density at radius 2 is 1.86 bits per heavy atom. The first-order valence-electron chi connectivity index (χ1n) is 9.65. The van der Waals surface area contributed by atoms with Gasteiger partial charge in [0.25, 0.3) is 5.91 Å². The number of amides is 2. The highest BCUT2D eigenvalue weighted by Gasteiger charge is 2.31. The number of ether oxygens (including phenoxy) is 2. The maximum absolute atomic E-state index is 12.8. The van der Waals surface area contributed by atoms with Gasteiger partial charge in [0.15, 0.2) is 6.10 Å². The van der Waals surface area contributed by atoms with Crippen LogP contribution < -0.4 is 4.74 Å². The lowest BCUT2D eigenvalue weighted by Crippen LogP contribution is -2.50. The molecule has 6 nitrogen and oxygen atoms in total. The predicted molar refractivity (Wildman–Crippen MR) is 110 cm³/mol. The van der Waals surface area contributed by atoms with E-state index in [0.29, 0.717) is 36.7 Å². The molecule has 1 heterocycles. The Bertz CT molecular complexity index is 709. The monoisotopic (exact) mass is 410 g/mol. The minimum atomic E-state index is -0.602. The zero-order valence-corrected chi connectivity index (χ0v) is 18.4. The van der Waals surface area contributed by atoms with Crippen LogP contribution in [0, 0.1) is 6.92 Å². The van der Waals surface area contributed by atoms with Gasteiger partial charge < -0.3 is 19.3 Å². The van der Waals surface area contributed by atoms with Gasteiger partial charge in [-0.2, -0.15) is 0 Å². The average Bonchev–Trinajstić information content (AvgIpc) is 2.62. The second kappa shape index (κ2) is 9.03. The van der Waals surface area contributed by atoms with Crippen LogP contribution >= 0.6 is 11.6 Å². The molecule has 1 fully saturated rings. The van der Waals surface area contributed by atoms with Crippen LogP contribution in [0.1, 0.15) is 46.1 Å². The Labute approximate surface area is 172 Å². The van der Waals surface area contributed by atoms with Gasteiger partial charge in [-0.1, -0.05) is 11.6 Å². The molecular weight excluding hydrogens is 380 g/mol. The Morgan fingerprint density at radius 3 is 2.39 bits per heavy atom. The highest BCUT2D eigenvalue weighted by atomic mass is 35.5. The molecule has 2 rings (SSSR count). The van der Waals surface area contributed by atoms with Gasteiger partial charge in [-0.05, 0) is 71.2 Å². The molecule has 0 bridgehead atoms. The SMILES string of the molecule is Cc1cc(O[C@@H](C)C(=O)N(C)C2CCN(C(=O)OC(C)(C)C)CC2)ccc1Cl. The Morgan fingerprint density at radius 1 is 1.25 bits per heavy atom. The molecule has 2 amide bonds.